The molecule has 0 radical (unpaired) electrons. The molecule has 0 aliphatic carbocycles. The fourth-order valence-electron chi connectivity index (χ4n) is 1.78. The highest BCUT2D eigenvalue weighted by atomic mass is 32.2. The quantitative estimate of drug-likeness (QED) is 0.770. The van der Waals surface area contributed by atoms with Gasteiger partial charge in [-0.25, -0.2) is 0 Å². The van der Waals surface area contributed by atoms with Crippen LogP contribution in [0.3, 0.4) is 0 Å². The maximum atomic E-state index is 4.53. The van der Waals surface area contributed by atoms with Crippen molar-refractivity contribution >= 4 is 11.8 Å². The van der Waals surface area contributed by atoms with Crippen molar-refractivity contribution < 1.29 is 0 Å². The number of aryl methyl sites for hydroxylation is 1. The van der Waals surface area contributed by atoms with Gasteiger partial charge in [0.2, 0.25) is 0 Å². The average molecular weight is 252 g/mol. The predicted molar refractivity (Wildman–Crippen MR) is 77.8 cm³/mol. The Labute approximate surface area is 110 Å². The SMILES string of the molecule is CCNC(CSCC)Cc1ccc(CC)cn1. The van der Waals surface area contributed by atoms with E-state index in [2.05, 4.69) is 43.2 Å². The van der Waals surface area contributed by atoms with Crippen LogP contribution in [0.5, 0.6) is 0 Å². The van der Waals surface area contributed by atoms with Crippen LogP contribution in [0, 0.1) is 0 Å². The van der Waals surface area contributed by atoms with E-state index < -0.39 is 0 Å². The van der Waals surface area contributed by atoms with E-state index in [4.69, 9.17) is 0 Å². The molecule has 0 saturated carbocycles. The van der Waals surface area contributed by atoms with Crippen molar-refractivity contribution in [1.29, 1.82) is 0 Å². The largest absolute Gasteiger partial charge is 0.313 e. The summed E-state index contributed by atoms with van der Waals surface area (Å²) in [6.07, 6.45) is 4.10. The van der Waals surface area contributed by atoms with Crippen LogP contribution in [-0.4, -0.2) is 29.1 Å². The monoisotopic (exact) mass is 252 g/mol. The van der Waals surface area contributed by atoms with Crippen molar-refractivity contribution in [3.8, 4) is 0 Å². The first-order valence-corrected chi connectivity index (χ1v) is 7.70. The molecule has 0 fully saturated rings. The number of rotatable bonds is 8. The molecule has 0 aliphatic heterocycles. The van der Waals surface area contributed by atoms with Gasteiger partial charge in [0.15, 0.2) is 0 Å². The van der Waals surface area contributed by atoms with Crippen LogP contribution in [0.15, 0.2) is 18.3 Å². The predicted octanol–water partition coefficient (Wildman–Crippen LogP) is 2.92. The van der Waals surface area contributed by atoms with Gasteiger partial charge in [0.05, 0.1) is 0 Å². The van der Waals surface area contributed by atoms with Gasteiger partial charge < -0.3 is 5.32 Å². The van der Waals surface area contributed by atoms with Gasteiger partial charge in [0, 0.05) is 30.1 Å². The Balaban J connectivity index is 2.51. The lowest BCUT2D eigenvalue weighted by Crippen LogP contribution is -2.33. The summed E-state index contributed by atoms with van der Waals surface area (Å²) < 4.78 is 0. The third-order valence-electron chi connectivity index (χ3n) is 2.77. The number of aromatic nitrogens is 1. The topological polar surface area (TPSA) is 24.9 Å². The number of nitrogens with one attached hydrogen (secondary N) is 1. The lowest BCUT2D eigenvalue weighted by Gasteiger charge is -2.16. The number of hydrogen-bond acceptors (Lipinski definition) is 3. The summed E-state index contributed by atoms with van der Waals surface area (Å²) in [6.45, 7) is 7.57. The molecule has 96 valence electrons. The van der Waals surface area contributed by atoms with Crippen molar-refractivity contribution in [1.82, 2.24) is 10.3 Å². The molecule has 3 heteroatoms. The van der Waals surface area contributed by atoms with Gasteiger partial charge in [-0.1, -0.05) is 26.8 Å². The van der Waals surface area contributed by atoms with Crippen LogP contribution in [0.25, 0.3) is 0 Å². The summed E-state index contributed by atoms with van der Waals surface area (Å²) in [5.41, 5.74) is 2.52. The molecular formula is C14H24N2S. The van der Waals surface area contributed by atoms with Crippen LogP contribution in [0.1, 0.15) is 32.0 Å². The van der Waals surface area contributed by atoms with Crippen LogP contribution in [0.4, 0.5) is 0 Å². The van der Waals surface area contributed by atoms with E-state index in [0.29, 0.717) is 6.04 Å². The van der Waals surface area contributed by atoms with Crippen LogP contribution in [-0.2, 0) is 12.8 Å². The molecule has 0 spiro atoms. The number of nitrogens with zero attached hydrogens (tertiary/aromatic N) is 1. The minimum atomic E-state index is 0.546. The highest BCUT2D eigenvalue weighted by molar-refractivity contribution is 7.99. The van der Waals surface area contributed by atoms with E-state index in [9.17, 15) is 0 Å². The molecule has 17 heavy (non-hydrogen) atoms. The van der Waals surface area contributed by atoms with E-state index in [1.165, 1.54) is 22.8 Å². The van der Waals surface area contributed by atoms with E-state index in [0.717, 1.165) is 19.4 Å². The molecule has 1 aromatic heterocycles. The molecule has 1 N–H and O–H groups in total. The van der Waals surface area contributed by atoms with Gasteiger partial charge >= 0.3 is 0 Å². The molecule has 0 bridgehead atoms. The van der Waals surface area contributed by atoms with Crippen molar-refractivity contribution in [2.24, 2.45) is 0 Å². The first kappa shape index (κ1) is 14.5. The smallest absolute Gasteiger partial charge is 0.0419 e. The van der Waals surface area contributed by atoms with Gasteiger partial charge in [-0.2, -0.15) is 11.8 Å². The average Bonchev–Trinajstić information content (AvgIpc) is 2.37. The summed E-state index contributed by atoms with van der Waals surface area (Å²) in [5, 5.41) is 3.53. The van der Waals surface area contributed by atoms with Crippen molar-refractivity contribution in [3.05, 3.63) is 29.6 Å². The number of likely N-dealkylation sites (N-methyl/N-ethyl adjacent to an activating group) is 1. The molecule has 0 aromatic carbocycles. The summed E-state index contributed by atoms with van der Waals surface area (Å²) in [4.78, 5) is 4.53. The van der Waals surface area contributed by atoms with Gasteiger partial charge in [-0.15, -0.1) is 0 Å². The zero-order valence-corrected chi connectivity index (χ0v) is 12.0. The normalized spacial score (nSPS) is 12.6. The van der Waals surface area contributed by atoms with Crippen LogP contribution >= 0.6 is 11.8 Å². The molecule has 0 aliphatic rings. The fourth-order valence-corrected chi connectivity index (χ4v) is 2.53. The fraction of sp³-hybridized carbons (Fsp3) is 0.643. The zero-order valence-electron chi connectivity index (χ0n) is 11.2. The standard InChI is InChI=1S/C14H24N2S/c1-4-12-7-8-13(16-10-12)9-14(15-5-2)11-17-6-3/h7-8,10,14-15H,4-6,9,11H2,1-3H3. The van der Waals surface area contributed by atoms with Crippen molar-refractivity contribution in [2.75, 3.05) is 18.1 Å². The Hall–Kier alpha value is -0.540. The Morgan fingerprint density at radius 3 is 2.65 bits per heavy atom. The molecule has 1 aromatic rings. The lowest BCUT2D eigenvalue weighted by molar-refractivity contribution is 0.566. The Kier molecular flexibility index (Phi) is 7.29. The molecule has 1 heterocycles. The molecule has 0 saturated heterocycles. The third-order valence-corrected chi connectivity index (χ3v) is 3.81. The Morgan fingerprint density at radius 2 is 2.12 bits per heavy atom. The van der Waals surface area contributed by atoms with Crippen molar-refractivity contribution in [3.63, 3.8) is 0 Å². The second kappa shape index (κ2) is 8.54. The molecule has 1 atom stereocenters. The number of pyridine rings is 1. The molecule has 0 amide bonds. The summed E-state index contributed by atoms with van der Waals surface area (Å²) in [7, 11) is 0. The van der Waals surface area contributed by atoms with Gasteiger partial charge in [0.25, 0.3) is 0 Å². The van der Waals surface area contributed by atoms with Crippen LogP contribution in [0.2, 0.25) is 0 Å². The van der Waals surface area contributed by atoms with E-state index in [1.54, 1.807) is 0 Å². The maximum absolute atomic E-state index is 4.53. The van der Waals surface area contributed by atoms with E-state index in [1.807, 2.05) is 18.0 Å². The molecular weight excluding hydrogens is 228 g/mol. The minimum Gasteiger partial charge on any atom is -0.313 e. The summed E-state index contributed by atoms with van der Waals surface area (Å²) in [5.74, 6) is 2.35. The highest BCUT2D eigenvalue weighted by Gasteiger charge is 2.08. The molecule has 1 rings (SSSR count). The first-order valence-electron chi connectivity index (χ1n) is 6.55. The van der Waals surface area contributed by atoms with Crippen LogP contribution < -0.4 is 5.32 Å². The Bertz CT molecular complexity index is 298. The van der Waals surface area contributed by atoms with E-state index >= 15 is 0 Å². The van der Waals surface area contributed by atoms with Gasteiger partial charge in [0.1, 0.15) is 0 Å². The minimum absolute atomic E-state index is 0.546. The molecule has 1 unspecified atom stereocenters. The summed E-state index contributed by atoms with van der Waals surface area (Å²) >= 11 is 1.99. The first-order chi connectivity index (χ1) is 8.30. The zero-order chi connectivity index (χ0) is 12.5. The lowest BCUT2D eigenvalue weighted by atomic mass is 10.1. The second-order valence-electron chi connectivity index (χ2n) is 4.13. The number of hydrogen-bond donors (Lipinski definition) is 1. The third kappa shape index (κ3) is 5.55. The van der Waals surface area contributed by atoms with E-state index in [-0.39, 0.29) is 0 Å². The summed E-state index contributed by atoms with van der Waals surface area (Å²) in [6, 6.07) is 4.91. The second-order valence-corrected chi connectivity index (χ2v) is 5.45. The maximum Gasteiger partial charge on any atom is 0.0419 e. The number of thioether (sulfide) groups is 1. The van der Waals surface area contributed by atoms with Gasteiger partial charge in [-0.3, -0.25) is 4.98 Å². The highest BCUT2D eigenvalue weighted by Crippen LogP contribution is 2.08. The Morgan fingerprint density at radius 1 is 1.29 bits per heavy atom. The van der Waals surface area contributed by atoms with Gasteiger partial charge in [-0.05, 0) is 30.3 Å². The van der Waals surface area contributed by atoms with Crippen molar-refractivity contribution in [2.45, 2.75) is 39.7 Å². The molecule has 2 nitrogen and oxygen atoms in total.